The monoisotopic (exact) mass is 584 g/mol. The average molecular weight is 585 g/mol. The van der Waals surface area contributed by atoms with E-state index in [4.69, 9.17) is 21.1 Å². The van der Waals surface area contributed by atoms with Gasteiger partial charge in [-0.05, 0) is 67.4 Å². The molecular formula is C28H29ClN4O6S. The van der Waals surface area contributed by atoms with Crippen molar-refractivity contribution in [3.05, 3.63) is 76.9 Å². The number of methoxy groups -OCH3 is 2. The highest BCUT2D eigenvalue weighted by atomic mass is 35.5. The number of amides is 2. The van der Waals surface area contributed by atoms with E-state index in [9.17, 15) is 18.0 Å². The van der Waals surface area contributed by atoms with Crippen molar-refractivity contribution in [3.8, 4) is 11.6 Å². The second-order valence-electron chi connectivity index (χ2n) is 9.77. The summed E-state index contributed by atoms with van der Waals surface area (Å²) in [7, 11) is 1.79. The minimum absolute atomic E-state index is 0.0983. The minimum Gasteiger partial charge on any atom is -0.497 e. The minimum atomic E-state index is -4.42. The van der Waals surface area contributed by atoms with Crippen LogP contribution in [0.3, 0.4) is 0 Å². The molecule has 12 heteroatoms. The maximum absolute atomic E-state index is 15.0. The lowest BCUT2D eigenvalue weighted by Crippen LogP contribution is -2.59. The van der Waals surface area contributed by atoms with E-state index >= 15 is 0 Å². The van der Waals surface area contributed by atoms with Crippen LogP contribution in [-0.2, 0) is 25.2 Å². The van der Waals surface area contributed by atoms with Crippen LogP contribution >= 0.6 is 11.6 Å². The molecule has 0 spiro atoms. The van der Waals surface area contributed by atoms with E-state index in [1.807, 2.05) is 0 Å². The van der Waals surface area contributed by atoms with Gasteiger partial charge in [-0.3, -0.25) is 14.5 Å². The number of likely N-dealkylation sites (tertiary alicyclic amines) is 1. The molecule has 0 radical (unpaired) electrons. The zero-order valence-electron chi connectivity index (χ0n) is 22.5. The Bertz CT molecular complexity index is 1580. The standard InChI is InChI=1S/C28H29ClN4O6S/c1-31(2)26(34)24-8-6-16-32(24)28(21-7-5-15-30-25(21)39-4)22-17-18(29)9-14-23(22)33(27(28)35)40(36,37)20-12-10-19(38-3)11-13-20/h5,7,9-15,17,24H,6,8,16H2,1-4H3/t24-,28?/m0/s1. The summed E-state index contributed by atoms with van der Waals surface area (Å²) in [5.74, 6) is -0.373. The molecule has 1 unspecified atom stereocenters. The number of benzene rings is 2. The molecule has 2 aliphatic heterocycles. The van der Waals surface area contributed by atoms with Crippen molar-refractivity contribution < 1.29 is 27.5 Å². The fourth-order valence-corrected chi connectivity index (χ4v) is 7.31. The van der Waals surface area contributed by atoms with Crippen molar-refractivity contribution in [3.63, 3.8) is 0 Å². The van der Waals surface area contributed by atoms with Gasteiger partial charge >= 0.3 is 0 Å². The Morgan fingerprint density at radius 3 is 2.45 bits per heavy atom. The molecule has 5 rings (SSSR count). The maximum Gasteiger partial charge on any atom is 0.271 e. The third-order valence-corrected chi connectivity index (χ3v) is 9.37. The lowest BCUT2D eigenvalue weighted by molar-refractivity contribution is -0.138. The second kappa shape index (κ2) is 10.4. The summed E-state index contributed by atoms with van der Waals surface area (Å²) in [6.45, 7) is 0.344. The second-order valence-corrected chi connectivity index (χ2v) is 12.0. The van der Waals surface area contributed by atoms with E-state index in [0.29, 0.717) is 41.3 Å². The number of halogens is 1. The normalized spacial score (nSPS) is 20.9. The zero-order valence-corrected chi connectivity index (χ0v) is 24.1. The van der Waals surface area contributed by atoms with Gasteiger partial charge in [-0.2, -0.15) is 0 Å². The van der Waals surface area contributed by atoms with Gasteiger partial charge in [0.25, 0.3) is 15.9 Å². The van der Waals surface area contributed by atoms with Gasteiger partial charge < -0.3 is 14.4 Å². The van der Waals surface area contributed by atoms with Crippen LogP contribution in [0.5, 0.6) is 11.6 Å². The number of rotatable bonds is 7. The molecule has 2 aromatic carbocycles. The van der Waals surface area contributed by atoms with E-state index in [2.05, 4.69) is 4.98 Å². The number of ether oxygens (including phenoxy) is 2. The van der Waals surface area contributed by atoms with E-state index in [1.165, 1.54) is 61.7 Å². The third kappa shape index (κ3) is 4.11. The Morgan fingerprint density at radius 1 is 1.07 bits per heavy atom. The van der Waals surface area contributed by atoms with Crippen molar-refractivity contribution in [2.45, 2.75) is 29.3 Å². The molecule has 210 valence electrons. The number of sulfonamides is 1. The number of nitrogens with zero attached hydrogens (tertiary/aromatic N) is 4. The van der Waals surface area contributed by atoms with Crippen molar-refractivity contribution in [2.24, 2.45) is 0 Å². The quantitative estimate of drug-likeness (QED) is 0.416. The molecule has 40 heavy (non-hydrogen) atoms. The van der Waals surface area contributed by atoms with Crippen LogP contribution < -0.4 is 13.8 Å². The van der Waals surface area contributed by atoms with E-state index in [0.717, 1.165) is 4.31 Å². The van der Waals surface area contributed by atoms with Crippen LogP contribution in [-0.4, -0.2) is 75.9 Å². The summed E-state index contributed by atoms with van der Waals surface area (Å²) in [6, 6.07) is 13.0. The van der Waals surface area contributed by atoms with Gasteiger partial charge in [0.2, 0.25) is 11.8 Å². The molecule has 3 heterocycles. The molecule has 0 saturated carbocycles. The first-order valence-corrected chi connectivity index (χ1v) is 14.4. The average Bonchev–Trinajstić information content (AvgIpc) is 3.53. The number of pyridine rings is 1. The van der Waals surface area contributed by atoms with Gasteiger partial charge in [-0.15, -0.1) is 0 Å². The number of hydrogen-bond donors (Lipinski definition) is 0. The Morgan fingerprint density at radius 2 is 1.80 bits per heavy atom. The highest BCUT2D eigenvalue weighted by Gasteiger charge is 2.63. The fourth-order valence-electron chi connectivity index (χ4n) is 5.68. The van der Waals surface area contributed by atoms with Crippen LogP contribution in [0.2, 0.25) is 5.02 Å². The Balaban J connectivity index is 1.83. The summed E-state index contributed by atoms with van der Waals surface area (Å²) < 4.78 is 40.0. The van der Waals surface area contributed by atoms with Gasteiger partial charge in [0.1, 0.15) is 5.75 Å². The third-order valence-electron chi connectivity index (χ3n) is 7.42. The molecule has 1 aromatic heterocycles. The van der Waals surface area contributed by atoms with Crippen LogP contribution in [0, 0.1) is 0 Å². The van der Waals surface area contributed by atoms with Gasteiger partial charge in [-0.25, -0.2) is 17.7 Å². The molecule has 0 N–H and O–H groups in total. The Kier molecular flexibility index (Phi) is 7.24. The van der Waals surface area contributed by atoms with Crippen molar-refractivity contribution >= 4 is 39.1 Å². The number of carbonyl (C=O) groups is 2. The first kappa shape index (κ1) is 27.9. The van der Waals surface area contributed by atoms with Crippen molar-refractivity contribution in [1.29, 1.82) is 0 Å². The summed E-state index contributed by atoms with van der Waals surface area (Å²) >= 11 is 6.49. The van der Waals surface area contributed by atoms with E-state index < -0.39 is 27.5 Å². The molecule has 2 atom stereocenters. The molecule has 1 saturated heterocycles. The zero-order chi connectivity index (χ0) is 28.8. The van der Waals surface area contributed by atoms with E-state index in [1.54, 1.807) is 37.2 Å². The molecule has 2 amide bonds. The topological polar surface area (TPSA) is 109 Å². The molecule has 2 aliphatic rings. The van der Waals surface area contributed by atoms with Crippen LogP contribution in [0.25, 0.3) is 0 Å². The predicted octanol–water partition coefficient (Wildman–Crippen LogP) is 3.28. The number of fused-ring (bicyclic) bond motifs is 1. The first-order valence-electron chi connectivity index (χ1n) is 12.6. The lowest BCUT2D eigenvalue weighted by atomic mass is 9.81. The van der Waals surface area contributed by atoms with E-state index in [-0.39, 0.29) is 22.4 Å². The van der Waals surface area contributed by atoms with Crippen LogP contribution in [0.4, 0.5) is 5.69 Å². The summed E-state index contributed by atoms with van der Waals surface area (Å²) in [6.07, 6.45) is 2.62. The van der Waals surface area contributed by atoms with Crippen molar-refractivity contribution in [1.82, 2.24) is 14.8 Å². The Hall–Kier alpha value is -3.67. The van der Waals surface area contributed by atoms with Crippen LogP contribution in [0.1, 0.15) is 24.0 Å². The lowest BCUT2D eigenvalue weighted by Gasteiger charge is -2.41. The summed E-state index contributed by atoms with van der Waals surface area (Å²) in [5, 5.41) is 0.303. The fraction of sp³-hybridized carbons (Fsp3) is 0.321. The number of carbonyl (C=O) groups excluding carboxylic acids is 2. The molecular weight excluding hydrogens is 556 g/mol. The molecule has 3 aromatic rings. The smallest absolute Gasteiger partial charge is 0.271 e. The largest absolute Gasteiger partial charge is 0.497 e. The maximum atomic E-state index is 15.0. The molecule has 0 bridgehead atoms. The molecule has 10 nitrogen and oxygen atoms in total. The van der Waals surface area contributed by atoms with Gasteiger partial charge in [0.05, 0.1) is 30.8 Å². The Labute approximate surface area is 238 Å². The summed E-state index contributed by atoms with van der Waals surface area (Å²) in [5.41, 5.74) is -0.991. The van der Waals surface area contributed by atoms with Crippen LogP contribution in [0.15, 0.2) is 65.7 Å². The number of hydrogen-bond acceptors (Lipinski definition) is 8. The highest BCUT2D eigenvalue weighted by Crippen LogP contribution is 2.54. The molecule has 1 fully saturated rings. The predicted molar refractivity (Wildman–Crippen MR) is 149 cm³/mol. The SMILES string of the molecule is COc1ccc(S(=O)(=O)N2C(=O)C(c3cccnc3OC)(N3CCC[C@H]3C(=O)N(C)C)c3cc(Cl)ccc32)cc1. The molecule has 0 aliphatic carbocycles. The summed E-state index contributed by atoms with van der Waals surface area (Å²) in [4.78, 5) is 35.9. The van der Waals surface area contributed by atoms with Gasteiger partial charge in [-0.1, -0.05) is 11.6 Å². The highest BCUT2D eigenvalue weighted by molar-refractivity contribution is 7.93. The van der Waals surface area contributed by atoms with Crippen molar-refractivity contribution in [2.75, 3.05) is 39.2 Å². The van der Waals surface area contributed by atoms with Gasteiger partial charge in [0, 0.05) is 43.0 Å². The number of anilines is 1. The number of likely N-dealkylation sites (N-methyl/N-ethyl adjacent to an activating group) is 1. The first-order chi connectivity index (χ1) is 19.1. The number of aromatic nitrogens is 1. The van der Waals surface area contributed by atoms with Gasteiger partial charge in [0.15, 0.2) is 5.54 Å².